The lowest BCUT2D eigenvalue weighted by atomic mass is 10.0. The van der Waals surface area contributed by atoms with Crippen molar-refractivity contribution in [1.82, 2.24) is 9.97 Å². The molecule has 20 heavy (non-hydrogen) atoms. The maximum atomic E-state index is 14.4. The first-order valence-corrected chi connectivity index (χ1v) is 6.71. The Kier molecular flexibility index (Phi) is 2.38. The molecule has 0 bridgehead atoms. The molecule has 2 aromatic rings. The van der Waals surface area contributed by atoms with Crippen molar-refractivity contribution >= 4 is 11.0 Å². The highest BCUT2D eigenvalue weighted by Crippen LogP contribution is 2.40. The lowest BCUT2D eigenvalue weighted by molar-refractivity contribution is 0.264. The van der Waals surface area contributed by atoms with Crippen LogP contribution in [0.4, 0.5) is 4.39 Å². The van der Waals surface area contributed by atoms with Gasteiger partial charge in [-0.05, 0) is 12.8 Å². The van der Waals surface area contributed by atoms with Gasteiger partial charge in [-0.15, -0.1) is 0 Å². The van der Waals surface area contributed by atoms with Crippen molar-refractivity contribution in [3.8, 4) is 5.75 Å². The predicted molar refractivity (Wildman–Crippen MR) is 69.4 cm³/mol. The number of ether oxygens (including phenoxy) is 1. The van der Waals surface area contributed by atoms with E-state index >= 15 is 0 Å². The summed E-state index contributed by atoms with van der Waals surface area (Å²) in [6.07, 6.45) is 2.53. The van der Waals surface area contributed by atoms with Gasteiger partial charge in [0, 0.05) is 17.9 Å². The fraction of sp³-hybridized carbons (Fsp3) is 0.429. The van der Waals surface area contributed by atoms with Crippen LogP contribution in [0, 0.1) is 5.82 Å². The maximum Gasteiger partial charge on any atom is 0.270 e. The number of aliphatic hydroxyl groups is 1. The molecule has 2 N–H and O–H groups in total. The van der Waals surface area contributed by atoms with Crippen molar-refractivity contribution in [2.75, 3.05) is 6.61 Å². The summed E-state index contributed by atoms with van der Waals surface area (Å²) < 4.78 is 19.8. The number of aromatic nitrogens is 2. The highest BCUT2D eigenvalue weighted by molar-refractivity contribution is 5.83. The molecule has 0 saturated heterocycles. The molecule has 2 heterocycles. The number of fused-ring (bicyclic) bond motifs is 3. The van der Waals surface area contributed by atoms with Crippen LogP contribution >= 0.6 is 0 Å². The van der Waals surface area contributed by atoms with Gasteiger partial charge in [0.05, 0.1) is 24.3 Å². The van der Waals surface area contributed by atoms with Gasteiger partial charge in [-0.25, -0.2) is 9.37 Å². The van der Waals surface area contributed by atoms with E-state index in [-0.39, 0.29) is 22.6 Å². The Labute approximate surface area is 113 Å². The molecule has 0 unspecified atom stereocenters. The van der Waals surface area contributed by atoms with Crippen molar-refractivity contribution in [3.05, 3.63) is 33.0 Å². The Morgan fingerprint density at radius 1 is 1.45 bits per heavy atom. The van der Waals surface area contributed by atoms with E-state index < -0.39 is 12.4 Å². The average molecular weight is 276 g/mol. The third-order valence-corrected chi connectivity index (χ3v) is 3.98. The van der Waals surface area contributed by atoms with Gasteiger partial charge < -0.3 is 14.8 Å². The number of halogens is 1. The fourth-order valence-electron chi connectivity index (χ4n) is 2.82. The molecule has 4 rings (SSSR count). The first-order chi connectivity index (χ1) is 9.70. The van der Waals surface area contributed by atoms with Crippen LogP contribution in [0.15, 0.2) is 4.79 Å². The Bertz CT molecular complexity index is 780. The van der Waals surface area contributed by atoms with Crippen molar-refractivity contribution in [2.24, 2.45) is 0 Å². The Balaban J connectivity index is 2.11. The van der Waals surface area contributed by atoms with Gasteiger partial charge >= 0.3 is 0 Å². The van der Waals surface area contributed by atoms with E-state index in [4.69, 9.17) is 4.74 Å². The van der Waals surface area contributed by atoms with Gasteiger partial charge in [0.15, 0.2) is 5.82 Å². The number of hydrogen-bond acceptors (Lipinski definition) is 4. The van der Waals surface area contributed by atoms with E-state index in [0.29, 0.717) is 30.0 Å². The van der Waals surface area contributed by atoms with Crippen LogP contribution < -0.4 is 10.3 Å². The lowest BCUT2D eigenvalue weighted by Gasteiger charge is -2.11. The summed E-state index contributed by atoms with van der Waals surface area (Å²) in [4.78, 5) is 19.0. The van der Waals surface area contributed by atoms with E-state index in [9.17, 15) is 14.3 Å². The second-order valence-electron chi connectivity index (χ2n) is 5.31. The molecule has 1 aromatic heterocycles. The zero-order valence-corrected chi connectivity index (χ0v) is 10.7. The van der Waals surface area contributed by atoms with Crippen LogP contribution in [-0.2, 0) is 13.0 Å². The summed E-state index contributed by atoms with van der Waals surface area (Å²) in [7, 11) is 0. The minimum Gasteiger partial charge on any atom is -0.492 e. The predicted octanol–water partition coefficient (Wildman–Crippen LogP) is 1.37. The summed E-state index contributed by atoms with van der Waals surface area (Å²) in [5.74, 6) is -0.0596. The number of nitrogens with one attached hydrogen (secondary N) is 1. The van der Waals surface area contributed by atoms with Crippen molar-refractivity contribution in [3.63, 3.8) is 0 Å². The lowest BCUT2D eigenvalue weighted by Crippen LogP contribution is -2.16. The number of benzene rings is 1. The second-order valence-corrected chi connectivity index (χ2v) is 5.31. The van der Waals surface area contributed by atoms with E-state index in [2.05, 4.69) is 9.97 Å². The summed E-state index contributed by atoms with van der Waals surface area (Å²) in [6, 6.07) is 0. The van der Waals surface area contributed by atoms with Crippen molar-refractivity contribution in [1.29, 1.82) is 0 Å². The maximum absolute atomic E-state index is 14.4. The summed E-state index contributed by atoms with van der Waals surface area (Å²) in [5.41, 5.74) is 1.58. The Hall–Kier alpha value is -1.95. The topological polar surface area (TPSA) is 75.2 Å². The molecular formula is C14H13FN2O3. The number of nitrogens with zero attached hydrogens (tertiary/aromatic N) is 1. The molecule has 0 radical (unpaired) electrons. The van der Waals surface area contributed by atoms with Gasteiger partial charge in [0.2, 0.25) is 0 Å². The van der Waals surface area contributed by atoms with Gasteiger partial charge in [0.1, 0.15) is 17.0 Å². The summed E-state index contributed by atoms with van der Waals surface area (Å²) in [6.45, 7) is -0.0169. The van der Waals surface area contributed by atoms with Crippen LogP contribution in [0.5, 0.6) is 5.75 Å². The SMILES string of the molecule is O=c1[nH]c2c(F)c(CO)c3c(c2nc1C1CC1)CCO3. The standard InChI is InChI=1S/C14H13FN2O3/c15-9-8(5-18)13-7(3-4-20-13)11-12(9)17-14(19)10(16-11)6-1-2-6/h6,18H,1-5H2,(H,17,19). The first kappa shape index (κ1) is 11.8. The first-order valence-electron chi connectivity index (χ1n) is 6.71. The zero-order chi connectivity index (χ0) is 13.9. The van der Waals surface area contributed by atoms with E-state index in [1.807, 2.05) is 0 Å². The van der Waals surface area contributed by atoms with Gasteiger partial charge in [-0.3, -0.25) is 4.79 Å². The molecule has 0 amide bonds. The Morgan fingerprint density at radius 3 is 2.95 bits per heavy atom. The summed E-state index contributed by atoms with van der Waals surface area (Å²) in [5, 5.41) is 9.33. The van der Waals surface area contributed by atoms with Crippen LogP contribution in [-0.4, -0.2) is 21.7 Å². The smallest absolute Gasteiger partial charge is 0.270 e. The highest BCUT2D eigenvalue weighted by atomic mass is 19.1. The number of aromatic amines is 1. The zero-order valence-electron chi connectivity index (χ0n) is 10.7. The van der Waals surface area contributed by atoms with Gasteiger partial charge in [0.25, 0.3) is 5.56 Å². The number of rotatable bonds is 2. The molecule has 0 spiro atoms. The minimum absolute atomic E-state index is 0.0766. The molecule has 104 valence electrons. The fourth-order valence-corrected chi connectivity index (χ4v) is 2.82. The normalized spacial score (nSPS) is 17.3. The van der Waals surface area contributed by atoms with Crippen LogP contribution in [0.2, 0.25) is 0 Å². The van der Waals surface area contributed by atoms with Crippen LogP contribution in [0.1, 0.15) is 35.6 Å². The average Bonchev–Trinajstić information content (AvgIpc) is 3.17. The largest absolute Gasteiger partial charge is 0.492 e. The highest BCUT2D eigenvalue weighted by Gasteiger charge is 2.31. The number of H-pyrrole nitrogens is 1. The van der Waals surface area contributed by atoms with Crippen molar-refractivity contribution in [2.45, 2.75) is 31.8 Å². The Morgan fingerprint density at radius 2 is 2.25 bits per heavy atom. The third kappa shape index (κ3) is 1.51. The van der Waals surface area contributed by atoms with Crippen LogP contribution in [0.25, 0.3) is 11.0 Å². The second kappa shape index (κ2) is 4.02. The van der Waals surface area contributed by atoms with Gasteiger partial charge in [-0.1, -0.05) is 0 Å². The minimum atomic E-state index is -0.643. The molecule has 1 saturated carbocycles. The number of aliphatic hydroxyl groups excluding tert-OH is 1. The molecular weight excluding hydrogens is 263 g/mol. The molecule has 5 nitrogen and oxygen atoms in total. The van der Waals surface area contributed by atoms with E-state index in [0.717, 1.165) is 18.4 Å². The molecule has 0 atom stereocenters. The van der Waals surface area contributed by atoms with Gasteiger partial charge in [-0.2, -0.15) is 0 Å². The van der Waals surface area contributed by atoms with Crippen molar-refractivity contribution < 1.29 is 14.2 Å². The molecule has 1 aliphatic heterocycles. The molecule has 1 aliphatic carbocycles. The molecule has 1 fully saturated rings. The monoisotopic (exact) mass is 276 g/mol. The van der Waals surface area contributed by atoms with Crippen LogP contribution in [0.3, 0.4) is 0 Å². The van der Waals surface area contributed by atoms with E-state index in [1.54, 1.807) is 0 Å². The molecule has 1 aromatic carbocycles. The third-order valence-electron chi connectivity index (χ3n) is 3.98. The molecule has 2 aliphatic rings. The quantitative estimate of drug-likeness (QED) is 0.868. The molecule has 6 heteroatoms. The number of hydrogen-bond donors (Lipinski definition) is 2. The van der Waals surface area contributed by atoms with E-state index in [1.165, 1.54) is 0 Å². The summed E-state index contributed by atoms with van der Waals surface area (Å²) >= 11 is 0.